The van der Waals surface area contributed by atoms with Gasteiger partial charge in [-0.1, -0.05) is 0 Å². The Balaban J connectivity index is 2.18. The van der Waals surface area contributed by atoms with Crippen LogP contribution in [0, 0.1) is 0 Å². The number of anilines is 4. The molecular formula is C9H9AsCl2N6. The van der Waals surface area contributed by atoms with Gasteiger partial charge in [0.15, 0.2) is 0 Å². The summed E-state index contributed by atoms with van der Waals surface area (Å²) in [6.07, 6.45) is 0. The van der Waals surface area contributed by atoms with Crippen LogP contribution in [0.1, 0.15) is 0 Å². The second-order valence-corrected chi connectivity index (χ2v) is 9.75. The predicted molar refractivity (Wildman–Crippen MR) is 75.5 cm³/mol. The molecule has 0 aliphatic heterocycles. The number of nitrogens with two attached hydrogens (primary N) is 2. The van der Waals surface area contributed by atoms with Gasteiger partial charge in [-0.3, -0.25) is 0 Å². The second kappa shape index (κ2) is 5.61. The molecule has 0 unspecified atom stereocenters. The van der Waals surface area contributed by atoms with Crippen molar-refractivity contribution in [3.05, 3.63) is 24.3 Å². The number of nitrogen functional groups attached to an aromatic ring is 2. The Morgan fingerprint density at radius 2 is 1.50 bits per heavy atom. The third-order valence-electron chi connectivity index (χ3n) is 1.99. The first-order chi connectivity index (χ1) is 8.54. The van der Waals surface area contributed by atoms with E-state index in [0.717, 1.165) is 10.0 Å². The SMILES string of the molecule is Nc1nc(N)nc(Nc2ccc([As](Cl)Cl)cc2)n1. The number of nitrogens with zero attached hydrogens (tertiary/aromatic N) is 3. The van der Waals surface area contributed by atoms with Crippen LogP contribution in [0.3, 0.4) is 0 Å². The van der Waals surface area contributed by atoms with E-state index in [1.807, 2.05) is 24.3 Å². The molecule has 1 aromatic heterocycles. The van der Waals surface area contributed by atoms with E-state index < -0.39 is 12.8 Å². The molecule has 2 aromatic rings. The number of nitrogens with one attached hydrogen (secondary N) is 1. The monoisotopic (exact) mass is 346 g/mol. The Kier molecular flexibility index (Phi) is 4.11. The first-order valence-electron chi connectivity index (χ1n) is 4.80. The summed E-state index contributed by atoms with van der Waals surface area (Å²) in [6.45, 7) is 0. The van der Waals surface area contributed by atoms with E-state index in [4.69, 9.17) is 31.4 Å². The minimum absolute atomic E-state index is 0.0657. The molecule has 0 bridgehead atoms. The number of hydrogen-bond donors (Lipinski definition) is 3. The molecule has 5 N–H and O–H groups in total. The molecule has 0 amide bonds. The fraction of sp³-hybridized carbons (Fsp3) is 0. The molecule has 1 heterocycles. The molecule has 0 saturated carbocycles. The number of rotatable bonds is 3. The Morgan fingerprint density at radius 1 is 0.944 bits per heavy atom. The summed E-state index contributed by atoms with van der Waals surface area (Å²) in [5.74, 6) is 0.422. The van der Waals surface area contributed by atoms with Gasteiger partial charge in [0.05, 0.1) is 0 Å². The molecule has 0 saturated heterocycles. The average Bonchev–Trinajstić information content (AvgIpc) is 2.28. The Bertz CT molecular complexity index is 527. The van der Waals surface area contributed by atoms with Crippen molar-refractivity contribution in [2.75, 3.05) is 16.8 Å². The molecule has 94 valence electrons. The Hall–Kier alpha value is -1.23. The van der Waals surface area contributed by atoms with Crippen LogP contribution in [0.5, 0.6) is 0 Å². The minimum atomic E-state index is -1.88. The van der Waals surface area contributed by atoms with Crippen molar-refractivity contribution in [1.82, 2.24) is 15.0 Å². The van der Waals surface area contributed by atoms with Gasteiger partial charge < -0.3 is 0 Å². The number of hydrogen-bond acceptors (Lipinski definition) is 6. The quantitative estimate of drug-likeness (QED) is 0.715. The van der Waals surface area contributed by atoms with Gasteiger partial charge in [-0.05, 0) is 0 Å². The van der Waals surface area contributed by atoms with Crippen molar-refractivity contribution in [2.24, 2.45) is 0 Å². The van der Waals surface area contributed by atoms with Crippen molar-refractivity contribution in [2.45, 2.75) is 0 Å². The van der Waals surface area contributed by atoms with E-state index in [0.29, 0.717) is 5.95 Å². The van der Waals surface area contributed by atoms with Gasteiger partial charge in [0, 0.05) is 0 Å². The topological polar surface area (TPSA) is 103 Å². The number of benzene rings is 1. The van der Waals surface area contributed by atoms with Crippen molar-refractivity contribution in [3.8, 4) is 0 Å². The molecule has 0 aliphatic rings. The standard InChI is InChI=1S/C9H9AsCl2N6/c11-10(12)5-1-3-6(4-2-5)15-9-17-7(13)16-8(14)18-9/h1-4H,(H5,13,14,15,16,17,18). The zero-order valence-corrected chi connectivity index (χ0v) is 12.4. The van der Waals surface area contributed by atoms with E-state index in [2.05, 4.69) is 20.3 Å². The van der Waals surface area contributed by atoms with E-state index in [9.17, 15) is 0 Å². The molecule has 0 spiro atoms. The normalized spacial score (nSPS) is 10.6. The average molecular weight is 347 g/mol. The summed E-state index contributed by atoms with van der Waals surface area (Å²) < 4.78 is 0.950. The molecule has 18 heavy (non-hydrogen) atoms. The van der Waals surface area contributed by atoms with Crippen molar-refractivity contribution < 1.29 is 0 Å². The third kappa shape index (κ3) is 3.38. The van der Waals surface area contributed by atoms with Crippen LogP contribution >= 0.6 is 19.9 Å². The summed E-state index contributed by atoms with van der Waals surface area (Å²) >= 11 is -1.88. The Labute approximate surface area is 116 Å². The fourth-order valence-electron chi connectivity index (χ4n) is 1.25. The summed E-state index contributed by atoms with van der Waals surface area (Å²) in [6, 6.07) is 7.38. The van der Waals surface area contributed by atoms with Crippen LogP contribution in [-0.4, -0.2) is 27.7 Å². The summed E-state index contributed by atoms with van der Waals surface area (Å²) in [5, 5.41) is 2.96. The summed E-state index contributed by atoms with van der Waals surface area (Å²) in [7, 11) is 11.8. The van der Waals surface area contributed by atoms with Gasteiger partial charge >= 0.3 is 117 Å². The van der Waals surface area contributed by atoms with Gasteiger partial charge in [-0.25, -0.2) is 0 Å². The second-order valence-electron chi connectivity index (χ2n) is 3.28. The molecule has 0 fully saturated rings. The molecule has 9 heteroatoms. The van der Waals surface area contributed by atoms with E-state index in [1.54, 1.807) is 0 Å². The van der Waals surface area contributed by atoms with Crippen LogP contribution in [-0.2, 0) is 0 Å². The molecule has 0 atom stereocenters. The predicted octanol–water partition coefficient (Wildman–Crippen LogP) is 0.952. The van der Waals surface area contributed by atoms with Crippen LogP contribution in [0.15, 0.2) is 24.3 Å². The number of aromatic nitrogens is 3. The molecule has 1 aromatic carbocycles. The molecule has 6 nitrogen and oxygen atoms in total. The van der Waals surface area contributed by atoms with Gasteiger partial charge in [-0.15, -0.1) is 0 Å². The number of halogens is 2. The first-order valence-corrected chi connectivity index (χ1v) is 10.7. The summed E-state index contributed by atoms with van der Waals surface area (Å²) in [4.78, 5) is 11.5. The van der Waals surface area contributed by atoms with Crippen LogP contribution in [0.25, 0.3) is 0 Å². The molecule has 2 rings (SSSR count). The maximum absolute atomic E-state index is 5.88. The van der Waals surface area contributed by atoms with Crippen LogP contribution in [0.4, 0.5) is 23.5 Å². The fourth-order valence-corrected chi connectivity index (χ4v) is 3.21. The maximum atomic E-state index is 5.88. The molecule has 0 aliphatic carbocycles. The van der Waals surface area contributed by atoms with Crippen molar-refractivity contribution in [3.63, 3.8) is 0 Å². The van der Waals surface area contributed by atoms with Crippen molar-refractivity contribution >= 4 is 60.6 Å². The van der Waals surface area contributed by atoms with E-state index in [1.165, 1.54) is 0 Å². The van der Waals surface area contributed by atoms with Gasteiger partial charge in [0.25, 0.3) is 0 Å². The van der Waals surface area contributed by atoms with E-state index in [-0.39, 0.29) is 11.9 Å². The van der Waals surface area contributed by atoms with Gasteiger partial charge in [0.2, 0.25) is 0 Å². The zero-order chi connectivity index (χ0) is 13.1. The van der Waals surface area contributed by atoms with Gasteiger partial charge in [-0.2, -0.15) is 0 Å². The first kappa shape index (κ1) is 13.2. The Morgan fingerprint density at radius 3 is 2.00 bits per heavy atom. The molecular weight excluding hydrogens is 338 g/mol. The zero-order valence-electron chi connectivity index (χ0n) is 9.01. The molecule has 0 radical (unpaired) electrons. The van der Waals surface area contributed by atoms with Gasteiger partial charge in [0.1, 0.15) is 0 Å². The van der Waals surface area contributed by atoms with Crippen molar-refractivity contribution in [1.29, 1.82) is 0 Å². The summed E-state index contributed by atoms with van der Waals surface area (Å²) in [5.41, 5.74) is 11.7. The van der Waals surface area contributed by atoms with Crippen LogP contribution in [0.2, 0.25) is 0 Å². The van der Waals surface area contributed by atoms with E-state index >= 15 is 0 Å². The van der Waals surface area contributed by atoms with Crippen LogP contribution < -0.4 is 21.1 Å². The third-order valence-corrected chi connectivity index (χ3v) is 5.46.